The SMILES string of the molecule is CCCc1nc2sc3c(NCC(C)C)ncnc3c2c2c1CCCC2. The van der Waals surface area contributed by atoms with Crippen molar-refractivity contribution in [3.05, 3.63) is 23.1 Å². The Kier molecular flexibility index (Phi) is 4.59. The van der Waals surface area contributed by atoms with Crippen molar-refractivity contribution in [2.75, 3.05) is 11.9 Å². The second-order valence-corrected chi connectivity index (χ2v) is 8.43. The maximum atomic E-state index is 5.07. The summed E-state index contributed by atoms with van der Waals surface area (Å²) in [4.78, 5) is 15.4. The highest BCUT2D eigenvalue weighted by Gasteiger charge is 2.22. The summed E-state index contributed by atoms with van der Waals surface area (Å²) in [7, 11) is 0. The van der Waals surface area contributed by atoms with E-state index >= 15 is 0 Å². The normalized spacial score (nSPS) is 14.4. The van der Waals surface area contributed by atoms with Gasteiger partial charge < -0.3 is 5.32 Å². The molecule has 0 radical (unpaired) electrons. The van der Waals surface area contributed by atoms with Gasteiger partial charge in [0.25, 0.3) is 0 Å². The lowest BCUT2D eigenvalue weighted by Gasteiger charge is -2.19. The van der Waals surface area contributed by atoms with Crippen molar-refractivity contribution in [2.45, 2.75) is 59.3 Å². The molecule has 25 heavy (non-hydrogen) atoms. The number of thiophene rings is 1. The molecule has 0 atom stereocenters. The van der Waals surface area contributed by atoms with Gasteiger partial charge in [0.1, 0.15) is 17.0 Å². The molecule has 1 N–H and O–H groups in total. The molecule has 0 bridgehead atoms. The Labute approximate surface area is 153 Å². The number of aromatic nitrogens is 3. The van der Waals surface area contributed by atoms with Crippen LogP contribution in [0, 0.1) is 5.92 Å². The van der Waals surface area contributed by atoms with Crippen LogP contribution in [0.1, 0.15) is 56.9 Å². The van der Waals surface area contributed by atoms with Crippen molar-refractivity contribution in [3.8, 4) is 0 Å². The van der Waals surface area contributed by atoms with Crippen LogP contribution < -0.4 is 5.32 Å². The van der Waals surface area contributed by atoms with Crippen molar-refractivity contribution in [2.24, 2.45) is 5.92 Å². The Bertz CT molecular complexity index is 913. The van der Waals surface area contributed by atoms with E-state index in [2.05, 4.69) is 36.1 Å². The lowest BCUT2D eigenvalue weighted by atomic mass is 9.88. The Hall–Kier alpha value is -1.75. The van der Waals surface area contributed by atoms with E-state index in [4.69, 9.17) is 4.98 Å². The maximum absolute atomic E-state index is 5.07. The molecule has 3 aromatic rings. The summed E-state index contributed by atoms with van der Waals surface area (Å²) in [5.41, 5.74) is 5.44. The average Bonchev–Trinajstić information content (AvgIpc) is 2.99. The molecular weight excluding hydrogens is 328 g/mol. The molecule has 0 aromatic carbocycles. The predicted molar refractivity (Wildman–Crippen MR) is 107 cm³/mol. The van der Waals surface area contributed by atoms with Crippen LogP contribution in [0.3, 0.4) is 0 Å². The molecule has 1 aliphatic rings. The van der Waals surface area contributed by atoms with E-state index in [1.165, 1.54) is 41.5 Å². The van der Waals surface area contributed by atoms with Gasteiger partial charge in [-0.05, 0) is 49.1 Å². The first-order valence-corrected chi connectivity index (χ1v) is 10.3. The van der Waals surface area contributed by atoms with Crippen molar-refractivity contribution in [1.82, 2.24) is 15.0 Å². The monoisotopic (exact) mass is 354 g/mol. The van der Waals surface area contributed by atoms with Crippen LogP contribution >= 0.6 is 11.3 Å². The number of nitrogens with zero attached hydrogens (tertiary/aromatic N) is 3. The topological polar surface area (TPSA) is 50.7 Å². The largest absolute Gasteiger partial charge is 0.369 e. The fraction of sp³-hybridized carbons (Fsp3) is 0.550. The van der Waals surface area contributed by atoms with Crippen LogP contribution in [-0.4, -0.2) is 21.5 Å². The van der Waals surface area contributed by atoms with Crippen molar-refractivity contribution >= 4 is 37.6 Å². The van der Waals surface area contributed by atoms with Crippen molar-refractivity contribution in [1.29, 1.82) is 0 Å². The van der Waals surface area contributed by atoms with E-state index in [9.17, 15) is 0 Å². The zero-order valence-corrected chi connectivity index (χ0v) is 16.2. The van der Waals surface area contributed by atoms with Gasteiger partial charge in [0, 0.05) is 17.6 Å². The van der Waals surface area contributed by atoms with E-state index in [-0.39, 0.29) is 0 Å². The van der Waals surface area contributed by atoms with Gasteiger partial charge in [-0.1, -0.05) is 27.2 Å². The van der Waals surface area contributed by atoms with Gasteiger partial charge >= 0.3 is 0 Å². The number of anilines is 1. The van der Waals surface area contributed by atoms with Gasteiger partial charge in [0.05, 0.1) is 10.2 Å². The first-order chi connectivity index (χ1) is 12.2. The molecule has 1 aliphatic carbocycles. The zero-order valence-electron chi connectivity index (χ0n) is 15.4. The van der Waals surface area contributed by atoms with Gasteiger partial charge in [-0.15, -0.1) is 11.3 Å². The molecule has 0 fully saturated rings. The van der Waals surface area contributed by atoms with E-state index in [0.717, 1.165) is 46.7 Å². The third-order valence-electron chi connectivity index (χ3n) is 4.97. The van der Waals surface area contributed by atoms with E-state index < -0.39 is 0 Å². The molecule has 0 saturated carbocycles. The van der Waals surface area contributed by atoms with E-state index in [0.29, 0.717) is 5.92 Å². The Morgan fingerprint density at radius 1 is 1.16 bits per heavy atom. The van der Waals surface area contributed by atoms with Crippen molar-refractivity contribution < 1.29 is 0 Å². The molecule has 3 aromatic heterocycles. The summed E-state index contributed by atoms with van der Waals surface area (Å²) < 4.78 is 1.16. The minimum absolute atomic E-state index is 0.585. The lowest BCUT2D eigenvalue weighted by molar-refractivity contribution is 0.675. The molecule has 4 rings (SSSR count). The quantitative estimate of drug-likeness (QED) is 0.689. The third-order valence-corrected chi connectivity index (χ3v) is 6.05. The summed E-state index contributed by atoms with van der Waals surface area (Å²) in [6.07, 6.45) is 8.83. The molecule has 132 valence electrons. The molecule has 0 unspecified atom stereocenters. The highest BCUT2D eigenvalue weighted by Crippen LogP contribution is 2.40. The number of aryl methyl sites for hydroxylation is 2. The molecule has 0 saturated heterocycles. The smallest absolute Gasteiger partial charge is 0.147 e. The van der Waals surface area contributed by atoms with Gasteiger partial charge in [0.15, 0.2) is 0 Å². The molecular formula is C20H26N4S. The van der Waals surface area contributed by atoms with Gasteiger partial charge in [-0.2, -0.15) is 0 Å². The van der Waals surface area contributed by atoms with Crippen LogP contribution in [0.5, 0.6) is 0 Å². The number of rotatable bonds is 5. The number of pyridine rings is 1. The van der Waals surface area contributed by atoms with E-state index in [1.807, 2.05) is 0 Å². The Morgan fingerprint density at radius 2 is 1.96 bits per heavy atom. The van der Waals surface area contributed by atoms with E-state index in [1.54, 1.807) is 17.7 Å². The maximum Gasteiger partial charge on any atom is 0.147 e. The Balaban J connectivity index is 1.94. The number of nitrogens with one attached hydrogen (secondary N) is 1. The van der Waals surface area contributed by atoms with Crippen LogP contribution in [0.2, 0.25) is 0 Å². The zero-order chi connectivity index (χ0) is 17.4. The molecule has 3 heterocycles. The summed E-state index contributed by atoms with van der Waals surface area (Å²) in [5, 5.41) is 4.80. The van der Waals surface area contributed by atoms with Gasteiger partial charge in [-0.25, -0.2) is 15.0 Å². The van der Waals surface area contributed by atoms with Gasteiger partial charge in [-0.3, -0.25) is 0 Å². The second kappa shape index (κ2) is 6.87. The molecule has 0 amide bonds. The summed E-state index contributed by atoms with van der Waals surface area (Å²) in [6.45, 7) is 7.59. The standard InChI is InChI=1S/C20H26N4S/c1-4-7-15-13-8-5-6-9-14(13)16-17-18(25-20(16)24-15)19(23-11-22-17)21-10-12(2)3/h11-12H,4-10H2,1-3H3,(H,21,22,23). The third kappa shape index (κ3) is 2.99. The number of fused-ring (bicyclic) bond motifs is 5. The summed E-state index contributed by atoms with van der Waals surface area (Å²) in [5.74, 6) is 1.55. The molecule has 5 heteroatoms. The van der Waals surface area contributed by atoms with Crippen LogP contribution in [0.15, 0.2) is 6.33 Å². The minimum atomic E-state index is 0.585. The minimum Gasteiger partial charge on any atom is -0.369 e. The van der Waals surface area contributed by atoms with Crippen LogP contribution in [0.4, 0.5) is 5.82 Å². The van der Waals surface area contributed by atoms with Crippen LogP contribution in [0.25, 0.3) is 20.4 Å². The lowest BCUT2D eigenvalue weighted by Crippen LogP contribution is -2.09. The first kappa shape index (κ1) is 16.7. The number of hydrogen-bond acceptors (Lipinski definition) is 5. The van der Waals surface area contributed by atoms with Crippen LogP contribution in [-0.2, 0) is 19.3 Å². The molecule has 0 aliphatic heterocycles. The molecule has 0 spiro atoms. The fourth-order valence-electron chi connectivity index (χ4n) is 3.81. The summed E-state index contributed by atoms with van der Waals surface area (Å²) >= 11 is 1.75. The van der Waals surface area contributed by atoms with Crippen molar-refractivity contribution in [3.63, 3.8) is 0 Å². The highest BCUT2D eigenvalue weighted by molar-refractivity contribution is 7.26. The number of hydrogen-bond donors (Lipinski definition) is 1. The van der Waals surface area contributed by atoms with Gasteiger partial charge in [0.2, 0.25) is 0 Å². The fourth-order valence-corrected chi connectivity index (χ4v) is 4.95. The highest BCUT2D eigenvalue weighted by atomic mass is 32.1. The summed E-state index contributed by atoms with van der Waals surface area (Å²) in [6, 6.07) is 0. The average molecular weight is 355 g/mol. The first-order valence-electron chi connectivity index (χ1n) is 9.50. The predicted octanol–water partition coefficient (Wildman–Crippen LogP) is 5.14. The molecule has 4 nitrogen and oxygen atoms in total. The Morgan fingerprint density at radius 3 is 2.72 bits per heavy atom. The second-order valence-electron chi connectivity index (χ2n) is 7.43.